The van der Waals surface area contributed by atoms with Gasteiger partial charge in [-0.1, -0.05) is 266 Å². The summed E-state index contributed by atoms with van der Waals surface area (Å²) in [4.78, 5) is 37.8. The summed E-state index contributed by atoms with van der Waals surface area (Å²) >= 11 is 0. The van der Waals surface area contributed by atoms with Gasteiger partial charge in [-0.2, -0.15) is 0 Å². The molecule has 6 heteroatoms. The summed E-state index contributed by atoms with van der Waals surface area (Å²) in [5.41, 5.74) is 0. The Morgan fingerprint density at radius 2 is 0.623 bits per heavy atom. The number of hydrogen-bond donors (Lipinski definition) is 0. The molecule has 0 heterocycles. The van der Waals surface area contributed by atoms with E-state index >= 15 is 0 Å². The highest BCUT2D eigenvalue weighted by Gasteiger charge is 2.19. The van der Waals surface area contributed by atoms with E-state index in [-0.39, 0.29) is 31.1 Å². The minimum atomic E-state index is -0.760. The van der Waals surface area contributed by atoms with E-state index in [0.717, 1.165) is 69.6 Å². The zero-order chi connectivity index (χ0) is 44.7. The Morgan fingerprint density at radius 3 is 0.934 bits per heavy atom. The molecule has 0 rings (SSSR count). The lowest BCUT2D eigenvalue weighted by atomic mass is 9.99. The standard InChI is InChI=1S/C55H106O6/c1-6-8-9-10-28-35-40-45-53(56)59-48-52(49-60-54(57)46-41-36-31-26-23-19-20-24-29-33-38-43-50(3)4)61-55(58)47-42-37-32-27-22-18-16-14-12-11-13-15-17-21-25-30-34-39-44-51(5)7-2/h50-52H,6-49H2,1-5H3/t51?,52-/m0/s1. The zero-order valence-corrected chi connectivity index (χ0v) is 41.8. The quantitative estimate of drug-likeness (QED) is 0.0344. The van der Waals surface area contributed by atoms with E-state index < -0.39 is 6.10 Å². The Morgan fingerprint density at radius 1 is 0.344 bits per heavy atom. The number of esters is 3. The monoisotopic (exact) mass is 863 g/mol. The molecule has 6 nitrogen and oxygen atoms in total. The van der Waals surface area contributed by atoms with E-state index in [4.69, 9.17) is 14.2 Å². The van der Waals surface area contributed by atoms with Gasteiger partial charge in [-0.15, -0.1) is 0 Å². The van der Waals surface area contributed by atoms with Crippen LogP contribution in [0.5, 0.6) is 0 Å². The second kappa shape index (κ2) is 47.9. The molecule has 0 fully saturated rings. The lowest BCUT2D eigenvalue weighted by Gasteiger charge is -2.18. The highest BCUT2D eigenvalue weighted by Crippen LogP contribution is 2.18. The summed E-state index contributed by atoms with van der Waals surface area (Å²) in [6, 6.07) is 0. The van der Waals surface area contributed by atoms with Crippen molar-refractivity contribution >= 4 is 17.9 Å². The smallest absolute Gasteiger partial charge is 0.306 e. The lowest BCUT2D eigenvalue weighted by molar-refractivity contribution is -0.167. The predicted molar refractivity (Wildman–Crippen MR) is 261 cm³/mol. The van der Waals surface area contributed by atoms with Crippen molar-refractivity contribution in [2.24, 2.45) is 11.8 Å². The van der Waals surface area contributed by atoms with Crippen LogP contribution in [0, 0.1) is 11.8 Å². The summed E-state index contributed by atoms with van der Waals surface area (Å²) in [5, 5.41) is 0. The second-order valence-electron chi connectivity index (χ2n) is 19.6. The SMILES string of the molecule is CCCCCCCCCC(=O)OC[C@@H](COC(=O)CCCCCCCCCCCCCC(C)C)OC(=O)CCCCCCCCCCCCCCCCCCCCC(C)CC. The van der Waals surface area contributed by atoms with Crippen LogP contribution in [-0.4, -0.2) is 37.2 Å². The van der Waals surface area contributed by atoms with Gasteiger partial charge in [0.1, 0.15) is 13.2 Å². The van der Waals surface area contributed by atoms with Gasteiger partial charge in [0, 0.05) is 19.3 Å². The predicted octanol–water partition coefficient (Wildman–Crippen LogP) is 17.7. The number of carbonyl (C=O) groups excluding carboxylic acids is 3. The molecule has 0 saturated carbocycles. The van der Waals surface area contributed by atoms with Crippen molar-refractivity contribution in [1.82, 2.24) is 0 Å². The summed E-state index contributed by atoms with van der Waals surface area (Å²) in [7, 11) is 0. The average molecular weight is 863 g/mol. The largest absolute Gasteiger partial charge is 0.462 e. The fraction of sp³-hybridized carbons (Fsp3) is 0.945. The normalized spacial score (nSPS) is 12.5. The van der Waals surface area contributed by atoms with E-state index in [1.807, 2.05) is 0 Å². The van der Waals surface area contributed by atoms with Gasteiger partial charge in [0.2, 0.25) is 0 Å². The molecule has 0 amide bonds. The van der Waals surface area contributed by atoms with Gasteiger partial charge < -0.3 is 14.2 Å². The molecule has 0 N–H and O–H groups in total. The van der Waals surface area contributed by atoms with Crippen LogP contribution in [0.4, 0.5) is 0 Å². The van der Waals surface area contributed by atoms with Crippen LogP contribution in [-0.2, 0) is 28.6 Å². The molecule has 0 aromatic carbocycles. The second-order valence-corrected chi connectivity index (χ2v) is 19.6. The van der Waals surface area contributed by atoms with Crippen molar-refractivity contribution < 1.29 is 28.6 Å². The van der Waals surface area contributed by atoms with Crippen molar-refractivity contribution in [2.45, 2.75) is 310 Å². The molecule has 0 bridgehead atoms. The number of ether oxygens (including phenoxy) is 3. The Bertz CT molecular complexity index is 933. The minimum absolute atomic E-state index is 0.0639. The fourth-order valence-electron chi connectivity index (χ4n) is 8.31. The van der Waals surface area contributed by atoms with E-state index in [2.05, 4.69) is 34.6 Å². The maximum Gasteiger partial charge on any atom is 0.306 e. The third kappa shape index (κ3) is 47.7. The molecule has 362 valence electrons. The van der Waals surface area contributed by atoms with Crippen LogP contribution < -0.4 is 0 Å². The summed E-state index contributed by atoms with van der Waals surface area (Å²) in [6.07, 6.45) is 49.6. The molecule has 61 heavy (non-hydrogen) atoms. The molecule has 0 saturated heterocycles. The number of unbranched alkanes of at least 4 members (excludes halogenated alkanes) is 33. The minimum Gasteiger partial charge on any atom is -0.462 e. The van der Waals surface area contributed by atoms with Gasteiger partial charge in [0.15, 0.2) is 6.10 Å². The first kappa shape index (κ1) is 59.4. The molecule has 0 aliphatic rings. The third-order valence-corrected chi connectivity index (χ3v) is 12.8. The molecule has 1 unspecified atom stereocenters. The number of carbonyl (C=O) groups is 3. The first-order chi connectivity index (χ1) is 29.8. The Kier molecular flexibility index (Phi) is 46.6. The summed E-state index contributed by atoms with van der Waals surface area (Å²) in [6.45, 7) is 11.4. The van der Waals surface area contributed by atoms with Crippen molar-refractivity contribution in [3.05, 3.63) is 0 Å². The van der Waals surface area contributed by atoms with E-state index in [1.54, 1.807) is 0 Å². The molecule has 2 atom stereocenters. The van der Waals surface area contributed by atoms with Crippen molar-refractivity contribution in [2.75, 3.05) is 13.2 Å². The molecule has 0 spiro atoms. The van der Waals surface area contributed by atoms with Crippen LogP contribution in [0.3, 0.4) is 0 Å². The number of rotatable bonds is 49. The first-order valence-electron chi connectivity index (χ1n) is 27.3. The Labute approximate surface area is 380 Å². The molecule has 0 radical (unpaired) electrons. The van der Waals surface area contributed by atoms with Gasteiger partial charge in [0.25, 0.3) is 0 Å². The Hall–Kier alpha value is -1.59. The average Bonchev–Trinajstić information content (AvgIpc) is 3.24. The molecule has 0 aliphatic heterocycles. The van der Waals surface area contributed by atoms with E-state index in [9.17, 15) is 14.4 Å². The summed E-state index contributed by atoms with van der Waals surface area (Å²) in [5.74, 6) is 0.884. The van der Waals surface area contributed by atoms with E-state index in [1.165, 1.54) is 193 Å². The van der Waals surface area contributed by atoms with Crippen LogP contribution in [0.15, 0.2) is 0 Å². The molecule has 0 aromatic rings. The van der Waals surface area contributed by atoms with Crippen molar-refractivity contribution in [3.8, 4) is 0 Å². The molecule has 0 aliphatic carbocycles. The number of hydrogen-bond acceptors (Lipinski definition) is 6. The van der Waals surface area contributed by atoms with Crippen LogP contribution in [0.25, 0.3) is 0 Å². The first-order valence-corrected chi connectivity index (χ1v) is 27.3. The maximum absolute atomic E-state index is 12.8. The Balaban J connectivity index is 4.14. The molecular formula is C55H106O6. The van der Waals surface area contributed by atoms with Gasteiger partial charge in [-0.3, -0.25) is 14.4 Å². The van der Waals surface area contributed by atoms with E-state index in [0.29, 0.717) is 19.3 Å². The van der Waals surface area contributed by atoms with Crippen molar-refractivity contribution in [3.63, 3.8) is 0 Å². The highest BCUT2D eigenvalue weighted by atomic mass is 16.6. The topological polar surface area (TPSA) is 78.9 Å². The van der Waals surface area contributed by atoms with Crippen LogP contribution in [0.2, 0.25) is 0 Å². The van der Waals surface area contributed by atoms with Crippen molar-refractivity contribution in [1.29, 1.82) is 0 Å². The van der Waals surface area contributed by atoms with Gasteiger partial charge in [-0.25, -0.2) is 0 Å². The third-order valence-electron chi connectivity index (χ3n) is 12.8. The maximum atomic E-state index is 12.8. The molecular weight excluding hydrogens is 757 g/mol. The van der Waals surface area contributed by atoms with Gasteiger partial charge in [-0.05, 0) is 31.1 Å². The lowest BCUT2D eigenvalue weighted by Crippen LogP contribution is -2.30. The van der Waals surface area contributed by atoms with Gasteiger partial charge >= 0.3 is 17.9 Å². The summed E-state index contributed by atoms with van der Waals surface area (Å²) < 4.78 is 16.8. The van der Waals surface area contributed by atoms with Crippen LogP contribution >= 0.6 is 0 Å². The highest BCUT2D eigenvalue weighted by molar-refractivity contribution is 5.71. The van der Waals surface area contributed by atoms with Gasteiger partial charge in [0.05, 0.1) is 0 Å². The fourth-order valence-corrected chi connectivity index (χ4v) is 8.31. The molecule has 0 aromatic heterocycles. The zero-order valence-electron chi connectivity index (χ0n) is 41.8. The van der Waals surface area contributed by atoms with Crippen LogP contribution in [0.1, 0.15) is 304 Å².